The van der Waals surface area contributed by atoms with Gasteiger partial charge in [-0.3, -0.25) is 0 Å². The maximum Gasteiger partial charge on any atom is -0.344 e. The summed E-state index contributed by atoms with van der Waals surface area (Å²) in [7, 11) is 0. The van der Waals surface area contributed by atoms with Crippen molar-refractivity contribution in [1.29, 1.82) is 0 Å². The Hall–Kier alpha value is 0.479. The molecule has 0 unspecified atom stereocenters. The maximum absolute atomic E-state index is 1.50. The predicted octanol–water partition coefficient (Wildman–Crippen LogP) is 1.47. The van der Waals surface area contributed by atoms with Crippen molar-refractivity contribution in [3.05, 3.63) is 0 Å². The third-order valence-electron chi connectivity index (χ3n) is 0.500. The molecule has 1 aliphatic rings. The average Bonchev–Trinajstić information content (AvgIpc) is 0.722. The van der Waals surface area contributed by atoms with Crippen LogP contribution in [-0.2, 0) is 15.0 Å². The Morgan fingerprint density at radius 3 is 1.40 bits per heavy atom. The summed E-state index contributed by atoms with van der Waals surface area (Å²) >= 11 is 1.50. The second-order valence-corrected chi connectivity index (χ2v) is 2.54. The van der Waals surface area contributed by atoms with Gasteiger partial charge in [0.25, 0.3) is 0 Å². The monoisotopic (exact) mass is 115 g/mol. The molecule has 0 aliphatic carbocycles. The van der Waals surface area contributed by atoms with Gasteiger partial charge in [0.2, 0.25) is 0 Å². The van der Waals surface area contributed by atoms with Gasteiger partial charge in [0.05, 0.1) is 0 Å². The summed E-state index contributed by atoms with van der Waals surface area (Å²) in [4.78, 5) is 0. The molecule has 3 N–H and O–H groups in total. The van der Waals surface area contributed by atoms with Crippen LogP contribution in [0.2, 0.25) is 10.6 Å². The summed E-state index contributed by atoms with van der Waals surface area (Å²) in [5, 5.41) is 3.00. The fourth-order valence-corrected chi connectivity index (χ4v) is 0.515. The first-order valence-corrected chi connectivity index (χ1v) is 3.06. The fourth-order valence-electron chi connectivity index (χ4n) is 0.125. The minimum atomic E-state index is 0. The van der Waals surface area contributed by atoms with E-state index in [1.807, 2.05) is 0 Å². The van der Waals surface area contributed by atoms with Crippen molar-refractivity contribution in [1.82, 2.24) is 6.15 Å². The second-order valence-electron chi connectivity index (χ2n) is 0.884. The first-order chi connectivity index (χ1) is 2.00. The van der Waals surface area contributed by atoms with Crippen LogP contribution in [0.1, 0.15) is 6.42 Å². The molecule has 2 heteroatoms. The van der Waals surface area contributed by atoms with Crippen molar-refractivity contribution in [2.45, 2.75) is 17.1 Å². The molecule has 0 saturated carbocycles. The minimum Gasteiger partial charge on any atom is -0.344 e. The molecule has 1 aliphatic heterocycles. The van der Waals surface area contributed by atoms with Crippen LogP contribution in [0.4, 0.5) is 0 Å². The van der Waals surface area contributed by atoms with Crippen LogP contribution in [0.15, 0.2) is 0 Å². The quantitative estimate of drug-likeness (QED) is 0.476. The average molecular weight is 115 g/mol. The van der Waals surface area contributed by atoms with E-state index < -0.39 is 0 Å². The fraction of sp³-hybridized carbons (Fsp3) is 1.00. The van der Waals surface area contributed by atoms with E-state index in [1.54, 1.807) is 0 Å². The summed E-state index contributed by atoms with van der Waals surface area (Å²) in [6.45, 7) is 0. The molecule has 0 radical (unpaired) electrons. The van der Waals surface area contributed by atoms with Gasteiger partial charge < -0.3 is 6.15 Å². The van der Waals surface area contributed by atoms with Crippen LogP contribution in [0.25, 0.3) is 0 Å². The molecule has 0 aromatic carbocycles. The van der Waals surface area contributed by atoms with Gasteiger partial charge >= 0.3 is 32.0 Å². The van der Waals surface area contributed by atoms with E-state index in [-0.39, 0.29) is 6.15 Å². The molecule has 5 heavy (non-hydrogen) atoms. The molecule has 1 nitrogen and oxygen atoms in total. The SMILES string of the molecule is C1[CH2][Fe][CH2]1.N. The first kappa shape index (κ1) is 5.48. The van der Waals surface area contributed by atoms with Crippen molar-refractivity contribution in [2.75, 3.05) is 0 Å². The van der Waals surface area contributed by atoms with Crippen LogP contribution in [0, 0.1) is 0 Å². The molecule has 34 valence electrons. The van der Waals surface area contributed by atoms with E-state index >= 15 is 0 Å². The maximum atomic E-state index is 1.50. The number of hydrogen-bond acceptors (Lipinski definition) is 1. The van der Waals surface area contributed by atoms with Gasteiger partial charge in [-0.15, -0.1) is 0 Å². The van der Waals surface area contributed by atoms with E-state index in [9.17, 15) is 0 Å². The molecule has 0 aromatic rings. The van der Waals surface area contributed by atoms with Gasteiger partial charge in [-0.2, -0.15) is 0 Å². The molecular formula is C3H9FeN. The van der Waals surface area contributed by atoms with Gasteiger partial charge in [0, 0.05) is 0 Å². The topological polar surface area (TPSA) is 35.0 Å². The zero-order chi connectivity index (χ0) is 2.83. The molecule has 1 heterocycles. The smallest absolute Gasteiger partial charge is 0.344 e. The summed E-state index contributed by atoms with van der Waals surface area (Å²) in [6, 6.07) is 0. The first-order valence-electron chi connectivity index (χ1n) is 1.50. The van der Waals surface area contributed by atoms with Gasteiger partial charge in [-0.1, -0.05) is 0 Å². The van der Waals surface area contributed by atoms with Gasteiger partial charge in [-0.25, -0.2) is 0 Å². The van der Waals surface area contributed by atoms with Gasteiger partial charge in [0.1, 0.15) is 0 Å². The number of rotatable bonds is 0. The molecule has 1 fully saturated rings. The molecule has 0 aromatic heterocycles. The molecule has 0 spiro atoms. The Labute approximate surface area is 38.9 Å². The zero-order valence-corrected chi connectivity index (χ0v) is 4.29. The number of hydrogen-bond donors (Lipinski definition) is 1. The summed E-state index contributed by atoms with van der Waals surface area (Å²) < 4.78 is 0. The van der Waals surface area contributed by atoms with Crippen molar-refractivity contribution in [3.63, 3.8) is 0 Å². The van der Waals surface area contributed by atoms with E-state index in [1.165, 1.54) is 32.0 Å². The van der Waals surface area contributed by atoms with E-state index in [2.05, 4.69) is 0 Å². The van der Waals surface area contributed by atoms with Crippen LogP contribution < -0.4 is 6.15 Å². The largest absolute Gasteiger partial charge is 0.344 e. The molecule has 1 rings (SSSR count). The van der Waals surface area contributed by atoms with E-state index in [4.69, 9.17) is 0 Å². The molecule has 1 saturated heterocycles. The molecule has 0 amide bonds. The Bertz CT molecular complexity index is 14.9. The predicted molar refractivity (Wildman–Crippen MR) is 19.3 cm³/mol. The van der Waals surface area contributed by atoms with Crippen LogP contribution >= 0.6 is 0 Å². The molecule has 0 atom stereocenters. The Morgan fingerprint density at radius 2 is 1.40 bits per heavy atom. The zero-order valence-electron chi connectivity index (χ0n) is 3.18. The Kier molecular flexibility index (Phi) is 2.96. The van der Waals surface area contributed by atoms with Crippen molar-refractivity contribution in [2.24, 2.45) is 0 Å². The van der Waals surface area contributed by atoms with Crippen molar-refractivity contribution < 1.29 is 15.0 Å². The summed E-state index contributed by atoms with van der Waals surface area (Å²) in [6.07, 6.45) is 1.50. The summed E-state index contributed by atoms with van der Waals surface area (Å²) in [5.74, 6) is 0. The summed E-state index contributed by atoms with van der Waals surface area (Å²) in [5.41, 5.74) is 0. The molecular weight excluding hydrogens is 106 g/mol. The van der Waals surface area contributed by atoms with Crippen molar-refractivity contribution >= 4 is 0 Å². The molecule has 0 bridgehead atoms. The van der Waals surface area contributed by atoms with E-state index in [0.29, 0.717) is 0 Å². The standard InChI is InChI=1S/C3H6.Fe.H3N/c1-3-2;;/h1-3H2;;1H3. The third kappa shape index (κ3) is 1.37. The van der Waals surface area contributed by atoms with Crippen LogP contribution in [0.5, 0.6) is 0 Å². The Morgan fingerprint density at radius 1 is 1.20 bits per heavy atom. The minimum absolute atomic E-state index is 0. The Balaban J connectivity index is 0.000000160. The van der Waals surface area contributed by atoms with E-state index in [0.717, 1.165) is 0 Å². The normalized spacial score (nSPS) is 20.8. The third-order valence-corrected chi connectivity index (χ3v) is 2.06. The van der Waals surface area contributed by atoms with Crippen molar-refractivity contribution in [3.8, 4) is 0 Å². The second kappa shape index (κ2) is 2.70. The van der Waals surface area contributed by atoms with Gasteiger partial charge in [0.15, 0.2) is 0 Å². The van der Waals surface area contributed by atoms with Gasteiger partial charge in [-0.05, 0) is 0 Å². The van der Waals surface area contributed by atoms with Crippen LogP contribution in [-0.4, -0.2) is 0 Å². The van der Waals surface area contributed by atoms with Crippen LogP contribution in [0.3, 0.4) is 0 Å².